The van der Waals surface area contributed by atoms with Crippen LogP contribution in [-0.4, -0.2) is 55.9 Å². The molecular weight excluding hydrogens is 716 g/mol. The first kappa shape index (κ1) is 43.2. The van der Waals surface area contributed by atoms with Crippen molar-refractivity contribution in [3.05, 3.63) is 83.7 Å². The van der Waals surface area contributed by atoms with Gasteiger partial charge in [-0.1, -0.05) is 69.7 Å². The number of halogens is 8. The number of hydrogen-bond donors (Lipinski definition) is 0. The van der Waals surface area contributed by atoms with Crippen LogP contribution in [0.4, 0.5) is 35.1 Å². The van der Waals surface area contributed by atoms with Crippen molar-refractivity contribution >= 4 is 11.9 Å². The summed E-state index contributed by atoms with van der Waals surface area (Å²) < 4.78 is 124. The van der Waals surface area contributed by atoms with Crippen LogP contribution in [0.25, 0.3) is 11.1 Å². The molecule has 3 rings (SSSR count). The minimum atomic E-state index is -6.39. The molecule has 0 amide bonds. The molecule has 0 heterocycles. The highest BCUT2D eigenvalue weighted by Gasteiger charge is 2.73. The van der Waals surface area contributed by atoms with Gasteiger partial charge in [0.15, 0.2) is 11.6 Å². The molecule has 0 spiro atoms. The quantitative estimate of drug-likeness (QED) is 0.0440. The van der Waals surface area contributed by atoms with Gasteiger partial charge in [0.2, 0.25) is 0 Å². The standard InChI is InChI=1S/C39H44F8O6/c1-3-4-5-9-12-27(2)52-35(48)30-15-13-28(14-16-30)29-17-20-32(21-18-29)53-36(49)31-19-22-34(33(40)25-31)51-24-11-8-6-7-10-23-50-26-37(41,42)38(43,44)39(45,46)47/h13-22,25,27H,3-12,23-24,26H2,1-2H3. The monoisotopic (exact) mass is 760 g/mol. The van der Waals surface area contributed by atoms with Crippen LogP contribution in [0.2, 0.25) is 0 Å². The highest BCUT2D eigenvalue weighted by Crippen LogP contribution is 2.46. The van der Waals surface area contributed by atoms with Crippen molar-refractivity contribution in [1.29, 1.82) is 0 Å². The fourth-order valence-corrected chi connectivity index (χ4v) is 5.11. The summed E-state index contributed by atoms with van der Waals surface area (Å²) >= 11 is 0. The molecule has 14 heteroatoms. The van der Waals surface area contributed by atoms with Crippen LogP contribution < -0.4 is 9.47 Å². The molecule has 3 aromatic carbocycles. The van der Waals surface area contributed by atoms with E-state index < -0.39 is 43.0 Å². The van der Waals surface area contributed by atoms with Gasteiger partial charge in [-0.05, 0) is 86.2 Å². The van der Waals surface area contributed by atoms with E-state index >= 15 is 0 Å². The molecular formula is C39H44F8O6. The Bertz CT molecular complexity index is 1580. The Morgan fingerprint density at radius 1 is 0.679 bits per heavy atom. The molecule has 0 aromatic heterocycles. The van der Waals surface area contributed by atoms with E-state index in [4.69, 9.17) is 14.2 Å². The van der Waals surface area contributed by atoms with Crippen molar-refractivity contribution in [3.63, 3.8) is 0 Å². The van der Waals surface area contributed by atoms with Crippen molar-refractivity contribution in [3.8, 4) is 22.6 Å². The predicted octanol–water partition coefficient (Wildman–Crippen LogP) is 11.4. The van der Waals surface area contributed by atoms with Gasteiger partial charge in [-0.3, -0.25) is 0 Å². The van der Waals surface area contributed by atoms with E-state index in [1.165, 1.54) is 12.1 Å². The van der Waals surface area contributed by atoms with Crippen LogP contribution in [0, 0.1) is 5.82 Å². The van der Waals surface area contributed by atoms with Crippen LogP contribution in [0.3, 0.4) is 0 Å². The van der Waals surface area contributed by atoms with Crippen molar-refractivity contribution in [2.24, 2.45) is 0 Å². The largest absolute Gasteiger partial charge is 0.491 e. The molecule has 1 unspecified atom stereocenters. The maximum absolute atomic E-state index is 14.6. The van der Waals surface area contributed by atoms with Gasteiger partial charge < -0.3 is 18.9 Å². The summed E-state index contributed by atoms with van der Waals surface area (Å²) in [6, 6.07) is 17.3. The topological polar surface area (TPSA) is 71.1 Å². The first-order valence-corrected chi connectivity index (χ1v) is 17.5. The second-order valence-electron chi connectivity index (χ2n) is 12.6. The molecule has 292 valence electrons. The molecule has 0 N–H and O–H groups in total. The van der Waals surface area contributed by atoms with Crippen molar-refractivity contribution in [1.82, 2.24) is 0 Å². The Hall–Kier alpha value is -4.20. The zero-order valence-corrected chi connectivity index (χ0v) is 29.6. The lowest BCUT2D eigenvalue weighted by Gasteiger charge is -2.27. The van der Waals surface area contributed by atoms with E-state index in [9.17, 15) is 44.7 Å². The molecule has 3 aromatic rings. The molecule has 6 nitrogen and oxygen atoms in total. The molecule has 0 fully saturated rings. The van der Waals surface area contributed by atoms with Crippen molar-refractivity contribution in [2.75, 3.05) is 19.8 Å². The van der Waals surface area contributed by atoms with Crippen LogP contribution in [-0.2, 0) is 9.47 Å². The average Bonchev–Trinajstić information content (AvgIpc) is 3.11. The highest BCUT2D eigenvalue weighted by atomic mass is 19.4. The average molecular weight is 761 g/mol. The number of benzene rings is 3. The second kappa shape index (κ2) is 20.3. The molecule has 0 saturated heterocycles. The Balaban J connectivity index is 1.36. The molecule has 0 aliphatic heterocycles. The summed E-state index contributed by atoms with van der Waals surface area (Å²) in [6.07, 6.45) is 0.901. The Labute approximate surface area is 303 Å². The Morgan fingerprint density at radius 3 is 1.85 bits per heavy atom. The van der Waals surface area contributed by atoms with E-state index in [1.807, 2.05) is 6.92 Å². The lowest BCUT2D eigenvalue weighted by atomic mass is 10.0. The number of ether oxygens (including phenoxy) is 4. The van der Waals surface area contributed by atoms with Gasteiger partial charge in [0, 0.05) is 6.61 Å². The van der Waals surface area contributed by atoms with Crippen LogP contribution in [0.1, 0.15) is 98.8 Å². The Morgan fingerprint density at radius 2 is 1.25 bits per heavy atom. The van der Waals surface area contributed by atoms with E-state index in [-0.39, 0.29) is 42.2 Å². The molecule has 0 radical (unpaired) electrons. The second-order valence-corrected chi connectivity index (χ2v) is 12.6. The summed E-state index contributed by atoms with van der Waals surface area (Å²) in [6.45, 7) is 1.68. The maximum atomic E-state index is 14.6. The van der Waals surface area contributed by atoms with Gasteiger partial charge in [0.05, 0.1) is 23.8 Å². The van der Waals surface area contributed by atoms with Gasteiger partial charge in [-0.25, -0.2) is 14.0 Å². The molecule has 1 atom stereocenters. The van der Waals surface area contributed by atoms with Crippen molar-refractivity contribution < 1.29 is 63.7 Å². The van der Waals surface area contributed by atoms with Gasteiger partial charge in [-0.2, -0.15) is 30.7 Å². The Kier molecular flexibility index (Phi) is 16.6. The molecule has 0 aliphatic rings. The lowest BCUT2D eigenvalue weighted by molar-refractivity contribution is -0.361. The number of unbranched alkanes of at least 4 members (excludes halogenated alkanes) is 7. The molecule has 0 aliphatic carbocycles. The fraction of sp³-hybridized carbons (Fsp3) is 0.487. The van der Waals surface area contributed by atoms with Gasteiger partial charge in [0.25, 0.3) is 0 Å². The normalized spacial score (nSPS) is 12.7. The minimum Gasteiger partial charge on any atom is -0.491 e. The number of esters is 2. The summed E-state index contributed by atoms with van der Waals surface area (Å²) in [5.41, 5.74) is 2.06. The van der Waals surface area contributed by atoms with Gasteiger partial charge in [-0.15, -0.1) is 0 Å². The summed E-state index contributed by atoms with van der Waals surface area (Å²) in [7, 11) is 0. The number of carbonyl (C=O) groups excluding carboxylic acids is 2. The first-order valence-electron chi connectivity index (χ1n) is 17.5. The first-order chi connectivity index (χ1) is 25.1. The van der Waals surface area contributed by atoms with Crippen LogP contribution in [0.5, 0.6) is 11.5 Å². The number of alkyl halides is 7. The molecule has 0 bridgehead atoms. The number of hydrogen-bond acceptors (Lipinski definition) is 6. The van der Waals surface area contributed by atoms with Crippen molar-refractivity contribution in [2.45, 2.75) is 102 Å². The third-order valence-electron chi connectivity index (χ3n) is 8.25. The van der Waals surface area contributed by atoms with E-state index in [0.29, 0.717) is 31.2 Å². The van der Waals surface area contributed by atoms with E-state index in [1.54, 1.807) is 48.5 Å². The third-order valence-corrected chi connectivity index (χ3v) is 8.25. The third kappa shape index (κ3) is 13.3. The van der Waals surface area contributed by atoms with Gasteiger partial charge in [0.1, 0.15) is 12.4 Å². The zero-order valence-electron chi connectivity index (χ0n) is 29.6. The number of rotatable bonds is 22. The summed E-state index contributed by atoms with van der Waals surface area (Å²) in [5.74, 6) is -13.4. The van der Waals surface area contributed by atoms with E-state index in [0.717, 1.165) is 49.3 Å². The smallest absolute Gasteiger partial charge is 0.459 e. The highest BCUT2D eigenvalue weighted by molar-refractivity contribution is 5.91. The van der Waals surface area contributed by atoms with Crippen LogP contribution >= 0.6 is 0 Å². The van der Waals surface area contributed by atoms with E-state index in [2.05, 4.69) is 11.7 Å². The molecule has 53 heavy (non-hydrogen) atoms. The SMILES string of the molecule is CCCCCCC(C)OC(=O)c1ccc(-c2ccc(OC(=O)c3ccc(OCCCCCCCOCC(F)(F)C(F)(F)C(F)(F)F)c(F)c3)cc2)cc1. The fourth-order valence-electron chi connectivity index (χ4n) is 5.11. The summed E-state index contributed by atoms with van der Waals surface area (Å²) in [4.78, 5) is 25.2. The zero-order chi connectivity index (χ0) is 39.1. The van der Waals surface area contributed by atoms with Crippen LogP contribution in [0.15, 0.2) is 66.7 Å². The summed E-state index contributed by atoms with van der Waals surface area (Å²) in [5, 5.41) is 0. The van der Waals surface area contributed by atoms with Gasteiger partial charge >= 0.3 is 30.0 Å². The predicted molar refractivity (Wildman–Crippen MR) is 182 cm³/mol. The number of carbonyl (C=O) groups is 2. The maximum Gasteiger partial charge on any atom is 0.459 e. The lowest BCUT2D eigenvalue weighted by Crippen LogP contribution is -2.54. The molecule has 0 saturated carbocycles. The minimum absolute atomic E-state index is 0.0428.